The Morgan fingerprint density at radius 2 is 1.17 bits per heavy atom. The summed E-state index contributed by atoms with van der Waals surface area (Å²) in [6, 6.07) is 26.9. The third kappa shape index (κ3) is 3.84. The van der Waals surface area contributed by atoms with Gasteiger partial charge in [0.05, 0.1) is 27.7 Å². The summed E-state index contributed by atoms with van der Waals surface area (Å²) in [5.74, 6) is -0.238. The van der Waals surface area contributed by atoms with Crippen molar-refractivity contribution in [1.82, 2.24) is 9.55 Å². The SMILES string of the molecule is [2H]c1c([2H])c([2H])c2c(-c3ccccc3-n3c(C([2H])([2H])[2H])nc4ccccc43)c3c([2H])c([2H])c([2H])c([2H])c3c(-c3cccc(-c4ccccc4)c3)c2c1[2H]. The molecule has 1 aromatic heterocycles. The Balaban J connectivity index is 1.63. The molecule has 1 heterocycles. The average Bonchev–Trinajstić information content (AvgIpc) is 3.57. The molecule has 0 amide bonds. The number of hydrogen-bond donors (Lipinski definition) is 0. The van der Waals surface area contributed by atoms with Crippen LogP contribution < -0.4 is 0 Å². The first kappa shape index (κ1) is 15.5. The van der Waals surface area contributed by atoms with Crippen molar-refractivity contribution < 1.29 is 15.1 Å². The average molecular weight is 548 g/mol. The van der Waals surface area contributed by atoms with Crippen molar-refractivity contribution >= 4 is 32.6 Å². The number of imidazole rings is 1. The van der Waals surface area contributed by atoms with Crippen LogP contribution in [0.5, 0.6) is 0 Å². The molecule has 42 heavy (non-hydrogen) atoms. The second-order valence-electron chi connectivity index (χ2n) is 9.97. The van der Waals surface area contributed by atoms with Crippen LogP contribution >= 0.6 is 0 Å². The van der Waals surface area contributed by atoms with Gasteiger partial charge in [-0.15, -0.1) is 0 Å². The summed E-state index contributed by atoms with van der Waals surface area (Å²) in [5, 5.41) is 0.187. The highest BCUT2D eigenvalue weighted by Gasteiger charge is 2.20. The first-order valence-corrected chi connectivity index (χ1v) is 13.5. The summed E-state index contributed by atoms with van der Waals surface area (Å²) < 4.78 is 99.3. The van der Waals surface area contributed by atoms with Crippen molar-refractivity contribution in [2.24, 2.45) is 0 Å². The molecule has 0 aliphatic carbocycles. The molecule has 198 valence electrons. The molecule has 0 N–H and O–H groups in total. The van der Waals surface area contributed by atoms with Gasteiger partial charge in [0.1, 0.15) is 5.82 Å². The van der Waals surface area contributed by atoms with E-state index in [-0.39, 0.29) is 56.1 Å². The minimum atomic E-state index is -2.67. The Kier molecular flexibility index (Phi) is 3.64. The molecular weight excluding hydrogens is 508 g/mol. The molecule has 0 saturated carbocycles. The Labute approximate surface area is 260 Å². The Morgan fingerprint density at radius 1 is 0.571 bits per heavy atom. The van der Waals surface area contributed by atoms with Crippen LogP contribution in [0.4, 0.5) is 0 Å². The van der Waals surface area contributed by atoms with E-state index in [0.717, 1.165) is 11.1 Å². The van der Waals surface area contributed by atoms with Crippen LogP contribution in [0.15, 0.2) is 151 Å². The van der Waals surface area contributed by atoms with Gasteiger partial charge in [-0.1, -0.05) is 127 Å². The van der Waals surface area contributed by atoms with Gasteiger partial charge in [-0.2, -0.15) is 0 Å². The Morgan fingerprint density at radius 3 is 1.90 bits per heavy atom. The molecule has 0 atom stereocenters. The fraction of sp³-hybridized carbons (Fsp3) is 0.0250. The van der Waals surface area contributed by atoms with Gasteiger partial charge in [0.15, 0.2) is 0 Å². The quantitative estimate of drug-likeness (QED) is 0.200. The molecule has 7 aromatic carbocycles. The summed E-state index contributed by atoms with van der Waals surface area (Å²) >= 11 is 0. The molecule has 0 radical (unpaired) electrons. The van der Waals surface area contributed by atoms with Gasteiger partial charge < -0.3 is 0 Å². The highest BCUT2D eigenvalue weighted by Crippen LogP contribution is 2.45. The number of hydrogen-bond acceptors (Lipinski definition) is 1. The predicted octanol–water partition coefficient (Wildman–Crippen LogP) is 10.6. The minimum Gasteiger partial charge on any atom is -0.296 e. The Hall–Kier alpha value is -5.47. The van der Waals surface area contributed by atoms with Crippen molar-refractivity contribution in [3.63, 3.8) is 0 Å². The fourth-order valence-electron chi connectivity index (χ4n) is 5.82. The first-order valence-electron chi connectivity index (χ1n) is 19.0. The molecule has 0 aliphatic rings. The van der Waals surface area contributed by atoms with Crippen molar-refractivity contribution in [3.05, 3.63) is 157 Å². The fourth-order valence-corrected chi connectivity index (χ4v) is 5.82. The number of para-hydroxylation sites is 3. The van der Waals surface area contributed by atoms with Crippen LogP contribution in [-0.4, -0.2) is 9.55 Å². The lowest BCUT2D eigenvalue weighted by molar-refractivity contribution is 1.00. The van der Waals surface area contributed by atoms with Crippen molar-refractivity contribution in [2.45, 2.75) is 6.85 Å². The molecule has 8 aromatic rings. The van der Waals surface area contributed by atoms with E-state index in [2.05, 4.69) is 4.98 Å². The second kappa shape index (κ2) is 9.87. The monoisotopic (exact) mass is 547 g/mol. The summed E-state index contributed by atoms with van der Waals surface area (Å²) in [6.45, 7) is -2.67. The van der Waals surface area contributed by atoms with E-state index < -0.39 is 43.1 Å². The lowest BCUT2D eigenvalue weighted by Gasteiger charge is -2.20. The lowest BCUT2D eigenvalue weighted by Crippen LogP contribution is -2.00. The van der Waals surface area contributed by atoms with Gasteiger partial charge >= 0.3 is 0 Å². The standard InChI is InChI=1S/C40H28N2/c1-27-41-36-23-10-12-25-38(36)42(27)37-24-11-9-22-35(37)40-33-20-7-5-18-31(33)39(32-19-6-8-21-34(32)40)30-17-13-16-29(26-30)28-14-3-2-4-15-28/h2-26H,1H3/i1D3,5D,6D,7D,8D,18D,19D,20D,21D. The van der Waals surface area contributed by atoms with Crippen molar-refractivity contribution in [2.75, 3.05) is 0 Å². The molecule has 0 spiro atoms. The van der Waals surface area contributed by atoms with E-state index in [1.165, 1.54) is 4.57 Å². The third-order valence-corrected chi connectivity index (χ3v) is 7.61. The van der Waals surface area contributed by atoms with E-state index >= 15 is 0 Å². The van der Waals surface area contributed by atoms with Crippen molar-refractivity contribution in [3.8, 4) is 39.1 Å². The predicted molar refractivity (Wildman–Crippen MR) is 177 cm³/mol. The molecule has 0 saturated heterocycles. The van der Waals surface area contributed by atoms with Gasteiger partial charge in [-0.25, -0.2) is 4.98 Å². The number of aromatic nitrogens is 2. The number of fused-ring (bicyclic) bond motifs is 3. The zero-order valence-corrected chi connectivity index (χ0v) is 22.2. The number of aryl methyl sites for hydroxylation is 1. The molecule has 0 aliphatic heterocycles. The maximum Gasteiger partial charge on any atom is 0.111 e. The largest absolute Gasteiger partial charge is 0.296 e. The number of nitrogens with zero attached hydrogens (tertiary/aromatic N) is 2. The van der Waals surface area contributed by atoms with Crippen LogP contribution in [0.3, 0.4) is 0 Å². The smallest absolute Gasteiger partial charge is 0.111 e. The van der Waals surface area contributed by atoms with Gasteiger partial charge in [0, 0.05) is 9.68 Å². The molecule has 0 fully saturated rings. The molecule has 8 rings (SSSR count). The second-order valence-corrected chi connectivity index (χ2v) is 9.97. The highest BCUT2D eigenvalue weighted by atomic mass is 15.1. The van der Waals surface area contributed by atoms with Crippen LogP contribution in [-0.2, 0) is 0 Å². The maximum atomic E-state index is 9.37. The summed E-state index contributed by atoms with van der Waals surface area (Å²) in [5.41, 5.74) is 3.98. The van der Waals surface area contributed by atoms with Crippen LogP contribution in [0.25, 0.3) is 71.6 Å². The molecule has 2 nitrogen and oxygen atoms in total. The molecule has 0 unspecified atom stereocenters. The molecular formula is C40H28N2. The normalized spacial score (nSPS) is 15.5. The third-order valence-electron chi connectivity index (χ3n) is 7.61. The zero-order valence-electron chi connectivity index (χ0n) is 33.2. The zero-order chi connectivity index (χ0) is 37.5. The highest BCUT2D eigenvalue weighted by molar-refractivity contribution is 6.22. The van der Waals surface area contributed by atoms with Gasteiger partial charge in [0.2, 0.25) is 0 Å². The van der Waals surface area contributed by atoms with Crippen LogP contribution in [0, 0.1) is 6.85 Å². The first-order chi connectivity index (χ1) is 25.3. The number of benzene rings is 7. The Bertz CT molecular complexity index is 2730. The van der Waals surface area contributed by atoms with E-state index in [1.807, 2.05) is 42.5 Å². The van der Waals surface area contributed by atoms with Gasteiger partial charge in [-0.3, -0.25) is 4.57 Å². The molecule has 0 bridgehead atoms. The maximum absolute atomic E-state index is 9.37. The topological polar surface area (TPSA) is 17.8 Å². The summed E-state index contributed by atoms with van der Waals surface area (Å²) in [6.07, 6.45) is 0. The van der Waals surface area contributed by atoms with Crippen LogP contribution in [0.1, 0.15) is 20.9 Å². The van der Waals surface area contributed by atoms with Gasteiger partial charge in [-0.05, 0) is 80.5 Å². The summed E-state index contributed by atoms with van der Waals surface area (Å²) in [7, 11) is 0. The van der Waals surface area contributed by atoms with E-state index in [9.17, 15) is 5.48 Å². The lowest BCUT2D eigenvalue weighted by atomic mass is 9.85. The van der Waals surface area contributed by atoms with Gasteiger partial charge in [0.25, 0.3) is 0 Å². The van der Waals surface area contributed by atoms with Crippen LogP contribution in [0.2, 0.25) is 0 Å². The van der Waals surface area contributed by atoms with E-state index in [1.54, 1.807) is 60.7 Å². The molecule has 2 heteroatoms. The van der Waals surface area contributed by atoms with E-state index in [0.29, 0.717) is 22.3 Å². The minimum absolute atomic E-state index is 0.0287. The van der Waals surface area contributed by atoms with E-state index in [4.69, 9.17) is 9.60 Å². The summed E-state index contributed by atoms with van der Waals surface area (Å²) in [4.78, 5) is 4.48. The van der Waals surface area contributed by atoms with Crippen molar-refractivity contribution in [1.29, 1.82) is 0 Å². The number of rotatable bonds is 4.